The van der Waals surface area contributed by atoms with Gasteiger partial charge in [-0.25, -0.2) is 0 Å². The molecule has 0 spiro atoms. The third-order valence-corrected chi connectivity index (χ3v) is 4.41. The highest BCUT2D eigenvalue weighted by Crippen LogP contribution is 2.19. The van der Waals surface area contributed by atoms with Crippen LogP contribution in [0.3, 0.4) is 0 Å². The van der Waals surface area contributed by atoms with Crippen molar-refractivity contribution in [2.75, 3.05) is 29.9 Å². The lowest BCUT2D eigenvalue weighted by Gasteiger charge is -2.26. The molecular weight excluding hydrogens is 270 g/mol. The van der Waals surface area contributed by atoms with Crippen LogP contribution < -0.4 is 11.1 Å². The number of carbonyl (C=O) groups is 1. The molecule has 0 radical (unpaired) electrons. The summed E-state index contributed by atoms with van der Waals surface area (Å²) in [5.41, 5.74) is 8.80. The Balaban J connectivity index is 1.99. The molecule has 20 heavy (non-hydrogen) atoms. The van der Waals surface area contributed by atoms with E-state index < -0.39 is 6.04 Å². The fraction of sp³-hybridized carbons (Fsp3) is 0.533. The van der Waals surface area contributed by atoms with Crippen molar-refractivity contribution in [1.82, 2.24) is 4.90 Å². The SMILES string of the molecule is Cc1cc(CN2CCSCC2)ccc1NC(=O)[C@@H](C)N. The number of anilines is 1. The first-order chi connectivity index (χ1) is 9.56. The maximum Gasteiger partial charge on any atom is 0.241 e. The van der Waals surface area contributed by atoms with Crippen LogP contribution in [0.15, 0.2) is 18.2 Å². The molecule has 1 fully saturated rings. The summed E-state index contributed by atoms with van der Waals surface area (Å²) in [6.07, 6.45) is 0. The Bertz CT molecular complexity index is 470. The maximum atomic E-state index is 11.6. The topological polar surface area (TPSA) is 58.4 Å². The van der Waals surface area contributed by atoms with Gasteiger partial charge in [0.25, 0.3) is 0 Å². The Morgan fingerprint density at radius 2 is 2.15 bits per heavy atom. The number of benzene rings is 1. The van der Waals surface area contributed by atoms with Crippen molar-refractivity contribution in [3.63, 3.8) is 0 Å². The van der Waals surface area contributed by atoms with Gasteiger partial charge in [0.2, 0.25) is 5.91 Å². The summed E-state index contributed by atoms with van der Waals surface area (Å²) in [6.45, 7) is 7.02. The van der Waals surface area contributed by atoms with Crippen LogP contribution in [-0.2, 0) is 11.3 Å². The first-order valence-corrected chi connectivity index (χ1v) is 8.18. The summed E-state index contributed by atoms with van der Waals surface area (Å²) in [5, 5.41) is 2.86. The molecule has 1 aromatic rings. The van der Waals surface area contributed by atoms with Crippen molar-refractivity contribution in [3.05, 3.63) is 29.3 Å². The highest BCUT2D eigenvalue weighted by molar-refractivity contribution is 7.99. The van der Waals surface area contributed by atoms with Crippen molar-refractivity contribution in [1.29, 1.82) is 0 Å². The van der Waals surface area contributed by atoms with E-state index in [1.165, 1.54) is 17.1 Å². The number of carbonyl (C=O) groups excluding carboxylic acids is 1. The van der Waals surface area contributed by atoms with Gasteiger partial charge in [0.1, 0.15) is 0 Å². The molecule has 110 valence electrons. The van der Waals surface area contributed by atoms with E-state index in [0.717, 1.165) is 30.9 Å². The van der Waals surface area contributed by atoms with Crippen molar-refractivity contribution in [3.8, 4) is 0 Å². The number of aryl methyl sites for hydroxylation is 1. The highest BCUT2D eigenvalue weighted by Gasteiger charge is 2.12. The molecule has 1 heterocycles. The molecule has 0 saturated carbocycles. The van der Waals surface area contributed by atoms with Gasteiger partial charge in [0.15, 0.2) is 0 Å². The minimum atomic E-state index is -0.486. The zero-order valence-electron chi connectivity index (χ0n) is 12.2. The average molecular weight is 293 g/mol. The second kappa shape index (κ2) is 7.11. The molecule has 5 heteroatoms. The second-order valence-electron chi connectivity index (χ2n) is 5.32. The van der Waals surface area contributed by atoms with Crippen molar-refractivity contribution >= 4 is 23.4 Å². The second-order valence-corrected chi connectivity index (χ2v) is 6.54. The normalized spacial score (nSPS) is 17.8. The van der Waals surface area contributed by atoms with Crippen molar-refractivity contribution in [2.45, 2.75) is 26.4 Å². The summed E-state index contributed by atoms with van der Waals surface area (Å²) in [5.74, 6) is 2.30. The quantitative estimate of drug-likeness (QED) is 0.889. The molecule has 1 amide bonds. The standard InChI is InChI=1S/C15H23N3OS/c1-11-9-13(10-18-5-7-20-8-6-18)3-4-14(11)17-15(19)12(2)16/h3-4,9,12H,5-8,10,16H2,1-2H3,(H,17,19)/t12-/m1/s1. The molecule has 1 atom stereocenters. The summed E-state index contributed by atoms with van der Waals surface area (Å²) in [6, 6.07) is 5.73. The van der Waals surface area contributed by atoms with E-state index in [2.05, 4.69) is 22.3 Å². The lowest BCUT2D eigenvalue weighted by atomic mass is 10.1. The van der Waals surface area contributed by atoms with Gasteiger partial charge in [-0.15, -0.1) is 0 Å². The molecule has 2 rings (SSSR count). The average Bonchev–Trinajstić information content (AvgIpc) is 2.42. The molecule has 1 aliphatic heterocycles. The number of amides is 1. The van der Waals surface area contributed by atoms with Crippen LogP contribution in [0.4, 0.5) is 5.69 Å². The van der Waals surface area contributed by atoms with Gasteiger partial charge in [-0.2, -0.15) is 11.8 Å². The number of nitrogens with one attached hydrogen (secondary N) is 1. The molecule has 1 aliphatic rings. The Morgan fingerprint density at radius 1 is 1.45 bits per heavy atom. The van der Waals surface area contributed by atoms with E-state index in [9.17, 15) is 4.79 Å². The predicted octanol–water partition coefficient (Wildman–Crippen LogP) is 1.83. The van der Waals surface area contributed by atoms with Crippen LogP contribution in [0.5, 0.6) is 0 Å². The van der Waals surface area contributed by atoms with E-state index in [4.69, 9.17) is 5.73 Å². The smallest absolute Gasteiger partial charge is 0.241 e. The Kier molecular flexibility index (Phi) is 5.46. The lowest BCUT2D eigenvalue weighted by molar-refractivity contribution is -0.117. The molecular formula is C15H23N3OS. The highest BCUT2D eigenvalue weighted by atomic mass is 32.2. The van der Waals surface area contributed by atoms with Crippen LogP contribution in [-0.4, -0.2) is 41.4 Å². The van der Waals surface area contributed by atoms with E-state index in [1.807, 2.05) is 24.8 Å². The minimum absolute atomic E-state index is 0.145. The molecule has 0 aromatic heterocycles. The number of hydrogen-bond donors (Lipinski definition) is 2. The third-order valence-electron chi connectivity index (χ3n) is 3.47. The van der Waals surface area contributed by atoms with Gasteiger partial charge in [-0.3, -0.25) is 9.69 Å². The predicted molar refractivity (Wildman–Crippen MR) is 86.1 cm³/mol. The summed E-state index contributed by atoms with van der Waals surface area (Å²) in [7, 11) is 0. The molecule has 0 bridgehead atoms. The zero-order chi connectivity index (χ0) is 14.5. The first kappa shape index (κ1) is 15.4. The Labute approximate surface area is 125 Å². The monoisotopic (exact) mass is 293 g/mol. The van der Waals surface area contributed by atoms with Gasteiger partial charge in [0.05, 0.1) is 6.04 Å². The molecule has 1 saturated heterocycles. The van der Waals surface area contributed by atoms with E-state index >= 15 is 0 Å². The molecule has 4 nitrogen and oxygen atoms in total. The van der Waals surface area contributed by atoms with Gasteiger partial charge >= 0.3 is 0 Å². The van der Waals surface area contributed by atoms with Gasteiger partial charge in [-0.05, 0) is 31.0 Å². The van der Waals surface area contributed by atoms with E-state index in [0.29, 0.717) is 0 Å². The number of nitrogens with zero attached hydrogens (tertiary/aromatic N) is 1. The molecule has 0 aliphatic carbocycles. The van der Waals surface area contributed by atoms with Crippen molar-refractivity contribution < 1.29 is 4.79 Å². The summed E-state index contributed by atoms with van der Waals surface area (Å²) < 4.78 is 0. The van der Waals surface area contributed by atoms with Crippen LogP contribution in [0.2, 0.25) is 0 Å². The summed E-state index contributed by atoms with van der Waals surface area (Å²) >= 11 is 2.02. The number of hydrogen-bond acceptors (Lipinski definition) is 4. The van der Waals surface area contributed by atoms with Crippen LogP contribution in [0, 0.1) is 6.92 Å². The van der Waals surface area contributed by atoms with Gasteiger partial charge < -0.3 is 11.1 Å². The van der Waals surface area contributed by atoms with Crippen LogP contribution >= 0.6 is 11.8 Å². The lowest BCUT2D eigenvalue weighted by Crippen LogP contribution is -2.33. The largest absolute Gasteiger partial charge is 0.325 e. The summed E-state index contributed by atoms with van der Waals surface area (Å²) in [4.78, 5) is 14.1. The van der Waals surface area contributed by atoms with E-state index in [1.54, 1.807) is 6.92 Å². The number of thioether (sulfide) groups is 1. The van der Waals surface area contributed by atoms with E-state index in [-0.39, 0.29) is 5.91 Å². The first-order valence-electron chi connectivity index (χ1n) is 7.02. The maximum absolute atomic E-state index is 11.6. The van der Waals surface area contributed by atoms with Crippen molar-refractivity contribution in [2.24, 2.45) is 5.73 Å². The molecule has 0 unspecified atom stereocenters. The zero-order valence-corrected chi connectivity index (χ0v) is 13.0. The molecule has 3 N–H and O–H groups in total. The number of rotatable bonds is 4. The minimum Gasteiger partial charge on any atom is -0.325 e. The number of nitrogens with two attached hydrogens (primary N) is 1. The van der Waals surface area contributed by atoms with Gasteiger partial charge in [0, 0.05) is 36.8 Å². The Morgan fingerprint density at radius 3 is 2.75 bits per heavy atom. The van der Waals surface area contributed by atoms with Gasteiger partial charge in [-0.1, -0.05) is 12.1 Å². The fourth-order valence-corrected chi connectivity index (χ4v) is 3.21. The van der Waals surface area contributed by atoms with Crippen LogP contribution in [0.1, 0.15) is 18.1 Å². The Hall–Kier alpha value is -1.04. The fourth-order valence-electron chi connectivity index (χ4n) is 2.23. The van der Waals surface area contributed by atoms with Crippen LogP contribution in [0.25, 0.3) is 0 Å². The molecule has 1 aromatic carbocycles. The third kappa shape index (κ3) is 4.23.